The van der Waals surface area contributed by atoms with Gasteiger partial charge in [-0.3, -0.25) is 4.79 Å². The molecule has 5 rings (SSSR count). The van der Waals surface area contributed by atoms with Crippen LogP contribution in [-0.2, 0) is 31.2 Å². The zero-order valence-electron chi connectivity index (χ0n) is 19.6. The van der Waals surface area contributed by atoms with Gasteiger partial charge in [0.05, 0.1) is 24.2 Å². The van der Waals surface area contributed by atoms with Gasteiger partial charge in [-0.1, -0.05) is 23.7 Å². The van der Waals surface area contributed by atoms with Crippen LogP contribution in [0.25, 0.3) is 0 Å². The van der Waals surface area contributed by atoms with Crippen molar-refractivity contribution in [3.8, 4) is 5.75 Å². The molecule has 1 N–H and O–H groups in total. The molecule has 3 aliphatic heterocycles. The highest BCUT2D eigenvalue weighted by molar-refractivity contribution is 7.91. The van der Waals surface area contributed by atoms with E-state index in [0.29, 0.717) is 30.7 Å². The molecule has 6 nitrogen and oxygen atoms in total. The van der Waals surface area contributed by atoms with Gasteiger partial charge in [-0.25, -0.2) is 17.2 Å². The van der Waals surface area contributed by atoms with Crippen LogP contribution in [-0.4, -0.2) is 51.2 Å². The summed E-state index contributed by atoms with van der Waals surface area (Å²) in [5.41, 5.74) is 0.268. The van der Waals surface area contributed by atoms with E-state index in [2.05, 4.69) is 5.32 Å². The van der Waals surface area contributed by atoms with Crippen LogP contribution in [0.15, 0.2) is 36.4 Å². The largest absolute Gasteiger partial charge is 0.490 e. The quantitative estimate of drug-likeness (QED) is 0.575. The zero-order chi connectivity index (χ0) is 25.5. The number of nitrogens with one attached hydrogen (secondary N) is 1. The second kappa shape index (κ2) is 9.91. The minimum Gasteiger partial charge on any atom is -0.490 e. The Morgan fingerprint density at radius 2 is 1.86 bits per heavy atom. The Morgan fingerprint density at radius 3 is 2.58 bits per heavy atom. The third-order valence-corrected chi connectivity index (χ3v) is 9.71. The molecule has 0 bridgehead atoms. The van der Waals surface area contributed by atoms with E-state index in [-0.39, 0.29) is 60.3 Å². The Hall–Kier alpha value is -2.23. The first-order valence-electron chi connectivity index (χ1n) is 12.1. The Morgan fingerprint density at radius 1 is 1.11 bits per heavy atom. The van der Waals surface area contributed by atoms with E-state index in [1.807, 2.05) is 12.1 Å². The number of rotatable bonds is 7. The summed E-state index contributed by atoms with van der Waals surface area (Å²) >= 11 is 6.06. The number of ether oxygens (including phenoxy) is 2. The van der Waals surface area contributed by atoms with Crippen molar-refractivity contribution in [3.05, 3.63) is 64.2 Å². The molecule has 0 aliphatic carbocycles. The topological polar surface area (TPSA) is 81.7 Å². The molecule has 0 radical (unpaired) electrons. The van der Waals surface area contributed by atoms with E-state index in [0.717, 1.165) is 17.7 Å². The summed E-state index contributed by atoms with van der Waals surface area (Å²) < 4.78 is 67.6. The molecular formula is C26H28ClF2NO5S. The van der Waals surface area contributed by atoms with E-state index >= 15 is 4.39 Å². The number of amides is 1. The lowest BCUT2D eigenvalue weighted by Crippen LogP contribution is -2.55. The fourth-order valence-corrected chi connectivity index (χ4v) is 7.73. The van der Waals surface area contributed by atoms with Crippen molar-refractivity contribution < 1.29 is 31.5 Å². The summed E-state index contributed by atoms with van der Waals surface area (Å²) in [6, 6.07) is 9.06. The highest BCUT2D eigenvalue weighted by atomic mass is 35.5. The average molecular weight is 540 g/mol. The third kappa shape index (κ3) is 4.97. The minimum atomic E-state index is -3.47. The summed E-state index contributed by atoms with van der Waals surface area (Å²) in [4.78, 5) is 11.5. The smallest absolute Gasteiger partial charge is 0.220 e. The first kappa shape index (κ1) is 25.4. The van der Waals surface area contributed by atoms with Crippen LogP contribution in [0.4, 0.5) is 8.78 Å². The lowest BCUT2D eigenvalue weighted by Gasteiger charge is -2.51. The number of benzene rings is 2. The Labute approximate surface area is 214 Å². The van der Waals surface area contributed by atoms with Crippen molar-refractivity contribution >= 4 is 27.3 Å². The third-order valence-electron chi connectivity index (χ3n) is 7.69. The number of carbonyl (C=O) groups is 1. The summed E-state index contributed by atoms with van der Waals surface area (Å²) in [7, 11) is -3.47. The molecule has 3 aliphatic rings. The fourth-order valence-electron chi connectivity index (χ4n) is 5.99. The number of carbonyl (C=O) groups excluding carboxylic acids is 1. The van der Waals surface area contributed by atoms with Gasteiger partial charge >= 0.3 is 0 Å². The molecular weight excluding hydrogens is 512 g/mol. The SMILES string of the molecule is O=C1CC[C@@H](CS(=O)(=O)CC[C@@H]2OCC[C@@]3(Cc4ccc(Cl)cc4)c4c(F)ccc(F)c4OC[C@@H]23)N1. The molecule has 2 fully saturated rings. The normalized spacial score (nSPS) is 27.6. The number of hydrogen-bond donors (Lipinski definition) is 1. The summed E-state index contributed by atoms with van der Waals surface area (Å²) in [5, 5.41) is 3.27. The molecule has 194 valence electrons. The van der Waals surface area contributed by atoms with Gasteiger partial charge < -0.3 is 14.8 Å². The van der Waals surface area contributed by atoms with E-state index in [9.17, 15) is 17.6 Å². The molecule has 2 saturated heterocycles. The van der Waals surface area contributed by atoms with Gasteiger partial charge in [-0.05, 0) is 55.5 Å². The van der Waals surface area contributed by atoms with Crippen molar-refractivity contribution in [1.82, 2.24) is 5.32 Å². The van der Waals surface area contributed by atoms with Gasteiger partial charge in [0.15, 0.2) is 21.4 Å². The molecule has 0 spiro atoms. The Balaban J connectivity index is 1.44. The highest BCUT2D eigenvalue weighted by Crippen LogP contribution is 2.52. The molecule has 3 heterocycles. The minimum absolute atomic E-state index is 0.0783. The van der Waals surface area contributed by atoms with Crippen molar-refractivity contribution in [2.45, 2.75) is 49.7 Å². The number of halogens is 3. The second-order valence-corrected chi connectivity index (χ2v) is 12.6. The number of fused-ring (bicyclic) bond motifs is 3. The van der Waals surface area contributed by atoms with Gasteiger partial charge in [0.25, 0.3) is 0 Å². The summed E-state index contributed by atoms with van der Waals surface area (Å²) in [5.74, 6) is -2.01. The van der Waals surface area contributed by atoms with Crippen molar-refractivity contribution in [2.75, 3.05) is 24.7 Å². The summed E-state index contributed by atoms with van der Waals surface area (Å²) in [6.07, 6.45) is 1.36. The molecule has 0 aromatic heterocycles. The van der Waals surface area contributed by atoms with Crippen LogP contribution in [0.3, 0.4) is 0 Å². The molecule has 4 atom stereocenters. The van der Waals surface area contributed by atoms with Gasteiger partial charge in [0.1, 0.15) is 5.82 Å². The standard InChI is InChI=1S/C26H28ClF2NO5S/c27-17-3-1-16(2-4-17)13-26-10-11-34-22(9-12-36(32,33)15-18-5-8-23(31)30-18)19(26)14-35-25-21(29)7-6-20(28)24(25)26/h1-4,6-7,18-19,22H,5,8-15H2,(H,30,31)/t18-,19-,22-,26-/m0/s1. The lowest BCUT2D eigenvalue weighted by atomic mass is 9.60. The maximum atomic E-state index is 15.4. The first-order chi connectivity index (χ1) is 17.2. The molecule has 2 aromatic rings. The molecule has 0 saturated carbocycles. The van der Waals surface area contributed by atoms with Gasteiger partial charge in [0.2, 0.25) is 5.91 Å². The van der Waals surface area contributed by atoms with Crippen molar-refractivity contribution in [1.29, 1.82) is 0 Å². The molecule has 1 amide bonds. The first-order valence-corrected chi connectivity index (χ1v) is 14.3. The second-order valence-electron chi connectivity index (χ2n) is 9.98. The van der Waals surface area contributed by atoms with Crippen LogP contribution in [0, 0.1) is 17.6 Å². The summed E-state index contributed by atoms with van der Waals surface area (Å²) in [6.45, 7) is 0.368. The highest BCUT2D eigenvalue weighted by Gasteiger charge is 2.53. The predicted molar refractivity (Wildman–Crippen MR) is 131 cm³/mol. The monoisotopic (exact) mass is 539 g/mol. The molecule has 0 unspecified atom stereocenters. The van der Waals surface area contributed by atoms with E-state index in [1.54, 1.807) is 12.1 Å². The Kier molecular flexibility index (Phi) is 7.00. The maximum Gasteiger partial charge on any atom is 0.220 e. The predicted octanol–water partition coefficient (Wildman–Crippen LogP) is 3.98. The van der Waals surface area contributed by atoms with Crippen LogP contribution >= 0.6 is 11.6 Å². The van der Waals surface area contributed by atoms with Gasteiger partial charge in [0, 0.05) is 41.0 Å². The molecule has 10 heteroatoms. The Bertz CT molecular complexity index is 1260. The zero-order valence-corrected chi connectivity index (χ0v) is 21.2. The number of hydrogen-bond acceptors (Lipinski definition) is 5. The van der Waals surface area contributed by atoms with Crippen molar-refractivity contribution in [2.24, 2.45) is 5.92 Å². The lowest BCUT2D eigenvalue weighted by molar-refractivity contribution is -0.119. The van der Waals surface area contributed by atoms with Crippen molar-refractivity contribution in [3.63, 3.8) is 0 Å². The van der Waals surface area contributed by atoms with Crippen LogP contribution < -0.4 is 10.1 Å². The van der Waals surface area contributed by atoms with Crippen LogP contribution in [0.2, 0.25) is 5.02 Å². The van der Waals surface area contributed by atoms with Gasteiger partial charge in [-0.15, -0.1) is 0 Å². The van der Waals surface area contributed by atoms with E-state index in [4.69, 9.17) is 21.1 Å². The molecule has 2 aromatic carbocycles. The van der Waals surface area contributed by atoms with E-state index in [1.165, 1.54) is 0 Å². The fraction of sp³-hybridized carbons (Fsp3) is 0.500. The molecule has 36 heavy (non-hydrogen) atoms. The van der Waals surface area contributed by atoms with Crippen LogP contribution in [0.5, 0.6) is 5.75 Å². The maximum absolute atomic E-state index is 15.4. The number of sulfone groups is 1. The van der Waals surface area contributed by atoms with Crippen LogP contribution in [0.1, 0.15) is 36.8 Å². The average Bonchev–Trinajstić information content (AvgIpc) is 3.24. The van der Waals surface area contributed by atoms with E-state index < -0.39 is 33.0 Å². The van der Waals surface area contributed by atoms with Gasteiger partial charge in [-0.2, -0.15) is 0 Å².